The summed E-state index contributed by atoms with van der Waals surface area (Å²) in [5.41, 5.74) is 5.96. The van der Waals surface area contributed by atoms with E-state index in [2.05, 4.69) is 22.4 Å². The maximum Gasteiger partial charge on any atom is 0.322 e. The van der Waals surface area contributed by atoms with Crippen LogP contribution in [0, 0.1) is 0 Å². The van der Waals surface area contributed by atoms with Gasteiger partial charge in [-0.1, -0.05) is 36.9 Å². The number of benzene rings is 1. The van der Waals surface area contributed by atoms with Crippen molar-refractivity contribution < 1.29 is 9.53 Å². The molecule has 1 aromatic carbocycles. The molecule has 2 aromatic rings. The van der Waals surface area contributed by atoms with Crippen LogP contribution < -0.4 is 10.2 Å². The Kier molecular flexibility index (Phi) is 4.52. The highest BCUT2D eigenvalue weighted by molar-refractivity contribution is 6.29. The van der Waals surface area contributed by atoms with Gasteiger partial charge in [-0.2, -0.15) is 0 Å². The third-order valence-corrected chi connectivity index (χ3v) is 6.65. The Hall–Kier alpha value is -2.11. The number of nitrogens with one attached hydrogen (secondary N) is 1. The number of hydrogen-bond donors (Lipinski definition) is 1. The van der Waals surface area contributed by atoms with Crippen LogP contribution >= 0.6 is 11.6 Å². The molecule has 1 fully saturated rings. The second-order valence-corrected chi connectivity index (χ2v) is 8.59. The topological polar surface area (TPSA) is 54.5 Å². The van der Waals surface area contributed by atoms with Crippen LogP contribution in [0.15, 0.2) is 30.5 Å². The van der Waals surface area contributed by atoms with Crippen molar-refractivity contribution in [1.82, 2.24) is 10.3 Å². The number of amides is 2. The molecule has 3 heterocycles. The first-order valence-corrected chi connectivity index (χ1v) is 10.4. The second kappa shape index (κ2) is 7.05. The summed E-state index contributed by atoms with van der Waals surface area (Å²) in [6.07, 6.45) is 7.73. The molecule has 0 saturated heterocycles. The fraction of sp³-hybridized carbons (Fsp3) is 0.455. The van der Waals surface area contributed by atoms with Crippen LogP contribution in [-0.2, 0) is 29.9 Å². The van der Waals surface area contributed by atoms with Crippen molar-refractivity contribution in [3.63, 3.8) is 0 Å². The van der Waals surface area contributed by atoms with Crippen molar-refractivity contribution >= 4 is 23.3 Å². The number of ether oxygens (including phenoxy) is 1. The number of hydrogen-bond acceptors (Lipinski definition) is 3. The molecule has 3 aliphatic rings. The van der Waals surface area contributed by atoms with Crippen LogP contribution in [0.3, 0.4) is 0 Å². The molecule has 1 aliphatic carbocycles. The molecule has 0 atom stereocenters. The van der Waals surface area contributed by atoms with E-state index in [9.17, 15) is 4.79 Å². The lowest BCUT2D eigenvalue weighted by Crippen LogP contribution is -2.43. The molecule has 2 aliphatic heterocycles. The number of pyridine rings is 1. The second-order valence-electron chi connectivity index (χ2n) is 8.20. The zero-order chi connectivity index (χ0) is 19.1. The van der Waals surface area contributed by atoms with E-state index in [4.69, 9.17) is 16.3 Å². The fourth-order valence-electron chi connectivity index (χ4n) is 5.00. The number of rotatable bonds is 2. The van der Waals surface area contributed by atoms with Crippen molar-refractivity contribution in [2.45, 2.75) is 57.3 Å². The number of carbonyl (C=O) groups excluding carboxylic acids is 1. The molecule has 1 saturated carbocycles. The summed E-state index contributed by atoms with van der Waals surface area (Å²) in [5.74, 6) is 0. The number of anilines is 1. The molecule has 5 nitrogen and oxygen atoms in total. The normalized spacial score (nSPS) is 19.5. The third-order valence-electron chi connectivity index (χ3n) is 6.45. The van der Waals surface area contributed by atoms with Crippen LogP contribution in [0.1, 0.15) is 54.4 Å². The highest BCUT2D eigenvalue weighted by Gasteiger charge is 2.45. The average molecular weight is 398 g/mol. The van der Waals surface area contributed by atoms with Crippen molar-refractivity contribution in [2.75, 3.05) is 11.4 Å². The van der Waals surface area contributed by atoms with E-state index in [0.717, 1.165) is 30.6 Å². The largest absolute Gasteiger partial charge is 0.372 e. The van der Waals surface area contributed by atoms with Gasteiger partial charge in [-0.15, -0.1) is 0 Å². The molecule has 0 unspecified atom stereocenters. The Labute approximate surface area is 170 Å². The maximum atomic E-state index is 13.1. The van der Waals surface area contributed by atoms with E-state index in [0.29, 0.717) is 24.9 Å². The van der Waals surface area contributed by atoms with E-state index < -0.39 is 0 Å². The Balaban J connectivity index is 1.43. The van der Waals surface area contributed by atoms with Gasteiger partial charge in [0, 0.05) is 30.4 Å². The minimum Gasteiger partial charge on any atom is -0.372 e. The summed E-state index contributed by atoms with van der Waals surface area (Å²) in [5, 5.41) is 3.51. The average Bonchev–Trinajstić information content (AvgIpc) is 3.28. The van der Waals surface area contributed by atoms with Crippen LogP contribution in [0.5, 0.6) is 0 Å². The molecule has 1 spiro atoms. The number of halogens is 1. The van der Waals surface area contributed by atoms with Crippen LogP contribution in [0.25, 0.3) is 0 Å². The zero-order valence-electron chi connectivity index (χ0n) is 15.8. The standard InChI is InChI=1S/C22H24ClN3O2/c23-20-8-15(4-7-24-20)11-25-21(27)26-14-22(5-2-1-3-6-22)18-9-16-12-28-13-17(16)10-19(18)26/h4,7-10H,1-3,5-6,11-14H2,(H,25,27). The molecule has 28 heavy (non-hydrogen) atoms. The first kappa shape index (κ1) is 18.0. The lowest BCUT2D eigenvalue weighted by molar-refractivity contribution is 0.134. The van der Waals surface area contributed by atoms with Gasteiger partial charge < -0.3 is 10.1 Å². The SMILES string of the molecule is O=C(NCc1ccnc(Cl)c1)N1CC2(CCCCC2)c2cc3c(cc21)COC3. The van der Waals surface area contributed by atoms with Crippen LogP contribution in [-0.4, -0.2) is 17.6 Å². The number of carbonyl (C=O) groups is 1. The smallest absolute Gasteiger partial charge is 0.322 e. The van der Waals surface area contributed by atoms with Crippen molar-refractivity contribution in [1.29, 1.82) is 0 Å². The van der Waals surface area contributed by atoms with E-state index in [1.807, 2.05) is 11.0 Å². The highest BCUT2D eigenvalue weighted by atomic mass is 35.5. The van der Waals surface area contributed by atoms with E-state index in [-0.39, 0.29) is 11.4 Å². The molecule has 0 radical (unpaired) electrons. The fourth-order valence-corrected chi connectivity index (χ4v) is 5.20. The minimum atomic E-state index is -0.0458. The highest BCUT2D eigenvalue weighted by Crippen LogP contribution is 2.50. The zero-order valence-corrected chi connectivity index (χ0v) is 16.6. The van der Waals surface area contributed by atoms with E-state index in [1.165, 1.54) is 36.0 Å². The summed E-state index contributed by atoms with van der Waals surface area (Å²) in [7, 11) is 0. The van der Waals surface area contributed by atoms with Gasteiger partial charge in [0.2, 0.25) is 0 Å². The summed E-state index contributed by atoms with van der Waals surface area (Å²) < 4.78 is 5.64. The monoisotopic (exact) mass is 397 g/mol. The van der Waals surface area contributed by atoms with Gasteiger partial charge in [-0.3, -0.25) is 4.90 Å². The summed E-state index contributed by atoms with van der Waals surface area (Å²) >= 11 is 5.96. The summed E-state index contributed by atoms with van der Waals surface area (Å²) in [6.45, 7) is 2.54. The Morgan fingerprint density at radius 2 is 1.96 bits per heavy atom. The molecule has 6 heteroatoms. The van der Waals surface area contributed by atoms with E-state index in [1.54, 1.807) is 12.3 Å². The van der Waals surface area contributed by atoms with Crippen molar-refractivity contribution in [3.8, 4) is 0 Å². The van der Waals surface area contributed by atoms with Crippen LogP contribution in [0.2, 0.25) is 5.15 Å². The van der Waals surface area contributed by atoms with Crippen molar-refractivity contribution in [3.05, 3.63) is 57.9 Å². The molecular weight excluding hydrogens is 374 g/mol. The number of fused-ring (bicyclic) bond motifs is 3. The Morgan fingerprint density at radius 1 is 1.18 bits per heavy atom. The molecule has 1 aromatic heterocycles. The predicted molar refractivity (Wildman–Crippen MR) is 109 cm³/mol. The number of aromatic nitrogens is 1. The summed E-state index contributed by atoms with van der Waals surface area (Å²) in [4.78, 5) is 19.1. The van der Waals surface area contributed by atoms with Gasteiger partial charge >= 0.3 is 6.03 Å². The quantitative estimate of drug-likeness (QED) is 0.747. The minimum absolute atomic E-state index is 0.0458. The Bertz CT molecular complexity index is 924. The van der Waals surface area contributed by atoms with E-state index >= 15 is 0 Å². The molecule has 1 N–H and O–H groups in total. The van der Waals surface area contributed by atoms with Gasteiger partial charge in [0.05, 0.1) is 13.2 Å². The third kappa shape index (κ3) is 3.07. The first-order valence-electron chi connectivity index (χ1n) is 10.0. The predicted octanol–water partition coefficient (Wildman–Crippen LogP) is 4.70. The van der Waals surface area contributed by atoms with Gasteiger partial charge in [0.25, 0.3) is 0 Å². The first-order chi connectivity index (χ1) is 13.6. The lowest BCUT2D eigenvalue weighted by Gasteiger charge is -2.34. The van der Waals surface area contributed by atoms with Gasteiger partial charge in [0.15, 0.2) is 0 Å². The molecule has 2 amide bonds. The van der Waals surface area contributed by atoms with Crippen LogP contribution in [0.4, 0.5) is 10.5 Å². The molecular formula is C22H24ClN3O2. The molecule has 0 bridgehead atoms. The van der Waals surface area contributed by atoms with Gasteiger partial charge in [-0.05, 0) is 53.3 Å². The molecule has 5 rings (SSSR count). The van der Waals surface area contributed by atoms with Crippen molar-refractivity contribution in [2.24, 2.45) is 0 Å². The lowest BCUT2D eigenvalue weighted by atomic mass is 9.70. The molecule has 146 valence electrons. The Morgan fingerprint density at radius 3 is 2.75 bits per heavy atom. The maximum absolute atomic E-state index is 13.1. The van der Waals surface area contributed by atoms with Gasteiger partial charge in [0.1, 0.15) is 5.15 Å². The summed E-state index contributed by atoms with van der Waals surface area (Å²) in [6, 6.07) is 8.11. The van der Waals surface area contributed by atoms with Gasteiger partial charge in [-0.25, -0.2) is 9.78 Å². The number of urea groups is 1. The number of nitrogens with zero attached hydrogens (tertiary/aromatic N) is 2.